The summed E-state index contributed by atoms with van der Waals surface area (Å²) in [6.07, 6.45) is 0.788. The van der Waals surface area contributed by atoms with Crippen LogP contribution >= 0.6 is 0 Å². The van der Waals surface area contributed by atoms with Gasteiger partial charge >= 0.3 is 12.1 Å². The number of nitrogens with one attached hydrogen (secondary N) is 2. The minimum absolute atomic E-state index is 0.190. The average Bonchev–Trinajstić information content (AvgIpc) is 2.45. The number of anilines is 1. The Labute approximate surface area is 120 Å². The van der Waals surface area contributed by atoms with Gasteiger partial charge in [0, 0.05) is 12.7 Å². The lowest BCUT2D eigenvalue weighted by molar-refractivity contribution is 0.173. The molecule has 114 valence electrons. The molecule has 0 bridgehead atoms. The minimum Gasteiger partial charge on any atom is -0.465 e. The van der Waals surface area contributed by atoms with Crippen LogP contribution in [0.15, 0.2) is 6.20 Å². The Bertz CT molecular complexity index is 554. The van der Waals surface area contributed by atoms with Crippen molar-refractivity contribution in [3.05, 3.63) is 17.5 Å². The molecule has 2 heterocycles. The molecule has 8 nitrogen and oxygen atoms in total. The van der Waals surface area contributed by atoms with Crippen molar-refractivity contribution < 1.29 is 19.1 Å². The maximum atomic E-state index is 12.5. The Morgan fingerprint density at radius 3 is 3.00 bits per heavy atom. The third-order valence-electron chi connectivity index (χ3n) is 3.05. The Morgan fingerprint density at radius 2 is 2.33 bits per heavy atom. The second kappa shape index (κ2) is 6.33. The fourth-order valence-electron chi connectivity index (χ4n) is 1.98. The number of hydrogen-bond donors (Lipinski definition) is 3. The van der Waals surface area contributed by atoms with E-state index in [-0.39, 0.29) is 6.54 Å². The van der Waals surface area contributed by atoms with Crippen molar-refractivity contribution in [2.75, 3.05) is 18.5 Å². The second-order valence-electron chi connectivity index (χ2n) is 4.77. The molecule has 9 heteroatoms. The van der Waals surface area contributed by atoms with Crippen molar-refractivity contribution in [2.24, 2.45) is 0 Å². The predicted molar refractivity (Wildman–Crippen MR) is 71.8 cm³/mol. The quantitative estimate of drug-likeness (QED) is 0.768. The van der Waals surface area contributed by atoms with E-state index in [9.17, 15) is 14.0 Å². The molecule has 3 N–H and O–H groups in total. The summed E-state index contributed by atoms with van der Waals surface area (Å²) in [4.78, 5) is 31.8. The number of hydrogen-bond acceptors (Lipinski definition) is 5. The molecule has 0 spiro atoms. The van der Waals surface area contributed by atoms with Gasteiger partial charge in [0.1, 0.15) is 6.67 Å². The van der Waals surface area contributed by atoms with Crippen LogP contribution in [-0.2, 0) is 13.0 Å². The number of imide groups is 1. The predicted octanol–water partition coefficient (Wildman–Crippen LogP) is 0.992. The first-order valence-corrected chi connectivity index (χ1v) is 6.45. The number of halogens is 1. The smallest absolute Gasteiger partial charge is 0.412 e. The van der Waals surface area contributed by atoms with Gasteiger partial charge in [0.2, 0.25) is 5.95 Å². The number of carbonyl (C=O) groups is 2. The fraction of sp³-hybridized carbons (Fsp3) is 0.500. The van der Waals surface area contributed by atoms with E-state index in [1.54, 1.807) is 18.4 Å². The molecule has 21 heavy (non-hydrogen) atoms. The van der Waals surface area contributed by atoms with Crippen LogP contribution in [0.3, 0.4) is 0 Å². The average molecular weight is 297 g/mol. The Hall–Kier alpha value is -2.45. The third-order valence-corrected chi connectivity index (χ3v) is 3.05. The first-order valence-electron chi connectivity index (χ1n) is 6.45. The van der Waals surface area contributed by atoms with Crippen molar-refractivity contribution in [1.82, 2.24) is 20.2 Å². The van der Waals surface area contributed by atoms with Crippen LogP contribution in [0, 0.1) is 0 Å². The van der Waals surface area contributed by atoms with E-state index in [0.29, 0.717) is 24.6 Å². The molecule has 0 aliphatic carbocycles. The van der Waals surface area contributed by atoms with E-state index in [4.69, 9.17) is 5.11 Å². The number of nitrogens with zero attached hydrogens (tertiary/aromatic N) is 3. The lowest BCUT2D eigenvalue weighted by atomic mass is 10.1. The van der Waals surface area contributed by atoms with Crippen LogP contribution in [-0.4, -0.2) is 51.4 Å². The molecule has 1 aliphatic rings. The molecule has 1 atom stereocenters. The first kappa shape index (κ1) is 14.9. The Kier molecular flexibility index (Phi) is 4.51. The molecular formula is C12H16FN5O3. The molecule has 1 aromatic rings. The summed E-state index contributed by atoms with van der Waals surface area (Å²) in [5.74, 6) is 0.291. The minimum atomic E-state index is -1.40. The van der Waals surface area contributed by atoms with Gasteiger partial charge in [-0.15, -0.1) is 0 Å². The lowest BCUT2D eigenvalue weighted by Crippen LogP contribution is -2.44. The summed E-state index contributed by atoms with van der Waals surface area (Å²) in [6, 6.07) is -1.09. The molecule has 0 radical (unpaired) electrons. The van der Waals surface area contributed by atoms with Gasteiger partial charge in [-0.2, -0.15) is 0 Å². The van der Waals surface area contributed by atoms with Crippen LogP contribution in [0.1, 0.15) is 18.2 Å². The van der Waals surface area contributed by atoms with Crippen LogP contribution in [0.4, 0.5) is 19.9 Å². The van der Waals surface area contributed by atoms with Crippen LogP contribution in [0.25, 0.3) is 0 Å². The zero-order valence-corrected chi connectivity index (χ0v) is 11.5. The zero-order chi connectivity index (χ0) is 15.4. The van der Waals surface area contributed by atoms with E-state index in [0.717, 1.165) is 5.56 Å². The number of aromatic nitrogens is 2. The highest BCUT2D eigenvalue weighted by Crippen LogP contribution is 2.18. The van der Waals surface area contributed by atoms with Gasteiger partial charge in [-0.25, -0.2) is 29.3 Å². The lowest BCUT2D eigenvalue weighted by Gasteiger charge is -2.27. The molecule has 3 amide bonds. The highest BCUT2D eigenvalue weighted by molar-refractivity contribution is 5.89. The number of urea groups is 1. The molecule has 1 aliphatic heterocycles. The second-order valence-corrected chi connectivity index (χ2v) is 4.77. The molecule has 0 fully saturated rings. The monoisotopic (exact) mass is 297 g/mol. The summed E-state index contributed by atoms with van der Waals surface area (Å²) < 4.78 is 12.5. The summed E-state index contributed by atoms with van der Waals surface area (Å²) in [6.45, 7) is 1.70. The van der Waals surface area contributed by atoms with E-state index >= 15 is 0 Å². The van der Waals surface area contributed by atoms with Gasteiger partial charge in [0.05, 0.1) is 18.3 Å². The standard InChI is InChI=1S/C12H16FN5O3/c1-7(4-13)15-10-14-5-8-2-3-18(6-9(8)16-10)11(19)17-12(20)21/h5,7H,2-4,6H2,1H3,(H,17,19)(H,20,21)(H,14,15,16). The number of amides is 3. The SMILES string of the molecule is CC(CF)Nc1ncc2c(n1)CN(C(=O)NC(=O)O)CC2. The van der Waals surface area contributed by atoms with Crippen molar-refractivity contribution in [1.29, 1.82) is 0 Å². The van der Waals surface area contributed by atoms with Gasteiger partial charge < -0.3 is 15.3 Å². The van der Waals surface area contributed by atoms with Crippen LogP contribution in [0.5, 0.6) is 0 Å². The molecule has 0 saturated carbocycles. The topological polar surface area (TPSA) is 107 Å². The molecule has 2 rings (SSSR count). The Balaban J connectivity index is 2.09. The summed E-state index contributed by atoms with van der Waals surface area (Å²) in [5, 5.41) is 13.2. The molecule has 0 saturated heterocycles. The Morgan fingerprint density at radius 1 is 1.57 bits per heavy atom. The number of alkyl halides is 1. The fourth-order valence-corrected chi connectivity index (χ4v) is 1.98. The maximum Gasteiger partial charge on any atom is 0.412 e. The van der Waals surface area contributed by atoms with Crippen molar-refractivity contribution >= 4 is 18.1 Å². The van der Waals surface area contributed by atoms with E-state index in [1.165, 1.54) is 4.90 Å². The highest BCUT2D eigenvalue weighted by atomic mass is 19.1. The van der Waals surface area contributed by atoms with Gasteiger partial charge in [0.15, 0.2) is 0 Å². The zero-order valence-electron chi connectivity index (χ0n) is 11.5. The number of fused-ring (bicyclic) bond motifs is 1. The summed E-state index contributed by atoms with van der Waals surface area (Å²) in [7, 11) is 0. The highest BCUT2D eigenvalue weighted by Gasteiger charge is 2.23. The molecule has 0 aromatic carbocycles. The van der Waals surface area contributed by atoms with Gasteiger partial charge in [-0.3, -0.25) is 0 Å². The molecular weight excluding hydrogens is 281 g/mol. The molecule has 1 unspecified atom stereocenters. The van der Waals surface area contributed by atoms with E-state index < -0.39 is 24.8 Å². The van der Waals surface area contributed by atoms with E-state index in [1.807, 2.05) is 0 Å². The van der Waals surface area contributed by atoms with Crippen molar-refractivity contribution in [2.45, 2.75) is 25.9 Å². The third kappa shape index (κ3) is 3.77. The van der Waals surface area contributed by atoms with Gasteiger partial charge in [-0.1, -0.05) is 0 Å². The first-order chi connectivity index (χ1) is 9.99. The van der Waals surface area contributed by atoms with E-state index in [2.05, 4.69) is 15.3 Å². The van der Waals surface area contributed by atoms with Gasteiger partial charge in [-0.05, 0) is 18.9 Å². The van der Waals surface area contributed by atoms with Crippen molar-refractivity contribution in [3.63, 3.8) is 0 Å². The van der Waals surface area contributed by atoms with Crippen molar-refractivity contribution in [3.8, 4) is 0 Å². The number of carboxylic acid groups (broad SMARTS) is 1. The van der Waals surface area contributed by atoms with Crippen LogP contribution in [0.2, 0.25) is 0 Å². The number of carbonyl (C=O) groups excluding carboxylic acids is 1. The van der Waals surface area contributed by atoms with Gasteiger partial charge in [0.25, 0.3) is 0 Å². The van der Waals surface area contributed by atoms with Crippen LogP contribution < -0.4 is 10.6 Å². The number of rotatable bonds is 3. The molecule has 1 aromatic heterocycles. The largest absolute Gasteiger partial charge is 0.465 e. The normalized spacial score (nSPS) is 15.0. The summed E-state index contributed by atoms with van der Waals surface area (Å²) in [5.41, 5.74) is 1.53. The maximum absolute atomic E-state index is 12.5. The summed E-state index contributed by atoms with van der Waals surface area (Å²) >= 11 is 0.